The Morgan fingerprint density at radius 1 is 1.28 bits per heavy atom. The number of rotatable bonds is 7. The summed E-state index contributed by atoms with van der Waals surface area (Å²) in [6.07, 6.45) is -3.43. The van der Waals surface area contributed by atoms with E-state index in [9.17, 15) is 23.3 Å². The Bertz CT molecular complexity index is 933. The molecule has 7 nitrogen and oxygen atoms in total. The zero-order chi connectivity index (χ0) is 21.8. The topological polar surface area (TPSA) is 86.0 Å². The summed E-state index contributed by atoms with van der Waals surface area (Å²) in [6, 6.07) is 5.47. The van der Waals surface area contributed by atoms with Gasteiger partial charge in [-0.1, -0.05) is 0 Å². The fraction of sp³-hybridized carbons (Fsp3) is 0.278. The van der Waals surface area contributed by atoms with Crippen LogP contribution < -0.4 is 14.9 Å². The third-order valence-corrected chi connectivity index (χ3v) is 4.11. The molecule has 0 unspecified atom stereocenters. The standard InChI is InChI=1S/C18H17BrF3N3O4/c1-10(2)29-17-13(19)6-11(7-16(17)28-3)9-23-24-14-5-4-12(18(20,21)22)8-15(14)25(26)27/h4-10,24H,1-3H3/b23-9-. The first kappa shape index (κ1) is 22.5. The van der Waals surface area contributed by atoms with Gasteiger partial charge in [-0.25, -0.2) is 0 Å². The molecule has 0 aromatic heterocycles. The van der Waals surface area contributed by atoms with E-state index in [1.807, 2.05) is 13.8 Å². The number of halogens is 4. The van der Waals surface area contributed by atoms with Gasteiger partial charge in [0, 0.05) is 6.07 Å². The summed E-state index contributed by atoms with van der Waals surface area (Å²) in [4.78, 5) is 10.2. The Balaban J connectivity index is 2.28. The van der Waals surface area contributed by atoms with Crippen LogP contribution in [-0.4, -0.2) is 24.4 Å². The molecular weight excluding hydrogens is 459 g/mol. The normalized spacial score (nSPS) is 11.7. The highest BCUT2D eigenvalue weighted by molar-refractivity contribution is 9.10. The smallest absolute Gasteiger partial charge is 0.416 e. The summed E-state index contributed by atoms with van der Waals surface area (Å²) >= 11 is 3.38. The van der Waals surface area contributed by atoms with Gasteiger partial charge in [0.15, 0.2) is 11.5 Å². The number of hydrazone groups is 1. The fourth-order valence-electron chi connectivity index (χ4n) is 2.29. The van der Waals surface area contributed by atoms with Gasteiger partial charge in [0.1, 0.15) is 5.69 Å². The second kappa shape index (κ2) is 9.12. The Labute approximate surface area is 172 Å². The largest absolute Gasteiger partial charge is 0.493 e. The van der Waals surface area contributed by atoms with Gasteiger partial charge in [0.25, 0.3) is 5.69 Å². The molecule has 0 heterocycles. The molecule has 2 aromatic carbocycles. The lowest BCUT2D eigenvalue weighted by Crippen LogP contribution is -2.08. The SMILES string of the molecule is COc1cc(/C=N\Nc2ccc(C(F)(F)F)cc2[N+](=O)[O-])cc(Br)c1OC(C)C. The molecule has 0 fully saturated rings. The van der Waals surface area contributed by atoms with Gasteiger partial charge >= 0.3 is 6.18 Å². The molecule has 0 spiro atoms. The van der Waals surface area contributed by atoms with Crippen molar-refractivity contribution < 1.29 is 27.6 Å². The van der Waals surface area contributed by atoms with Crippen LogP contribution in [0.4, 0.5) is 24.5 Å². The number of nitro benzene ring substituents is 1. The first-order valence-corrected chi connectivity index (χ1v) is 9.01. The maximum atomic E-state index is 12.8. The number of anilines is 1. The minimum atomic E-state index is -4.69. The Morgan fingerprint density at radius 3 is 2.52 bits per heavy atom. The Morgan fingerprint density at radius 2 is 1.97 bits per heavy atom. The van der Waals surface area contributed by atoms with E-state index in [-0.39, 0.29) is 11.8 Å². The van der Waals surface area contributed by atoms with Crippen LogP contribution in [0.5, 0.6) is 11.5 Å². The number of methoxy groups -OCH3 is 1. The molecule has 0 aliphatic carbocycles. The summed E-state index contributed by atoms with van der Waals surface area (Å²) in [5.74, 6) is 0.945. The molecule has 0 aliphatic heterocycles. The van der Waals surface area contributed by atoms with E-state index in [0.29, 0.717) is 27.6 Å². The molecule has 29 heavy (non-hydrogen) atoms. The number of hydrogen-bond donors (Lipinski definition) is 1. The zero-order valence-corrected chi connectivity index (χ0v) is 17.2. The predicted octanol–water partition coefficient (Wildman–Crippen LogP) is 5.62. The van der Waals surface area contributed by atoms with E-state index in [2.05, 4.69) is 26.5 Å². The number of hydrogen-bond acceptors (Lipinski definition) is 6. The lowest BCUT2D eigenvalue weighted by atomic mass is 10.1. The number of nitrogens with zero attached hydrogens (tertiary/aromatic N) is 2. The van der Waals surface area contributed by atoms with Crippen molar-refractivity contribution in [2.45, 2.75) is 26.1 Å². The second-order valence-corrected chi connectivity index (χ2v) is 6.91. The maximum Gasteiger partial charge on any atom is 0.416 e. The maximum absolute atomic E-state index is 12.8. The molecule has 1 N–H and O–H groups in total. The predicted molar refractivity (Wildman–Crippen MR) is 106 cm³/mol. The van der Waals surface area contributed by atoms with Crippen LogP contribution in [0, 0.1) is 10.1 Å². The summed E-state index contributed by atoms with van der Waals surface area (Å²) < 4.78 is 49.9. The first-order chi connectivity index (χ1) is 13.5. The molecule has 2 aromatic rings. The van der Waals surface area contributed by atoms with Gasteiger partial charge in [0.05, 0.1) is 34.4 Å². The summed E-state index contributed by atoms with van der Waals surface area (Å²) in [5.41, 5.74) is 0.928. The summed E-state index contributed by atoms with van der Waals surface area (Å²) in [5, 5.41) is 15.0. The van der Waals surface area contributed by atoms with Gasteiger partial charge in [0.2, 0.25) is 0 Å². The average Bonchev–Trinajstić information content (AvgIpc) is 2.62. The second-order valence-electron chi connectivity index (χ2n) is 6.06. The molecule has 11 heteroatoms. The van der Waals surface area contributed by atoms with Crippen LogP contribution in [0.2, 0.25) is 0 Å². The van der Waals surface area contributed by atoms with Gasteiger partial charge < -0.3 is 9.47 Å². The van der Waals surface area contributed by atoms with Crippen LogP contribution in [-0.2, 0) is 6.18 Å². The van der Waals surface area contributed by atoms with Gasteiger partial charge in [-0.3, -0.25) is 15.5 Å². The highest BCUT2D eigenvalue weighted by Crippen LogP contribution is 2.37. The quantitative estimate of drug-likeness (QED) is 0.319. The number of ether oxygens (including phenoxy) is 2. The third-order valence-electron chi connectivity index (χ3n) is 3.53. The molecular formula is C18H17BrF3N3O4. The number of alkyl halides is 3. The minimum absolute atomic E-state index is 0.0818. The number of nitro groups is 1. The van der Waals surface area contributed by atoms with Crippen LogP contribution in [0.3, 0.4) is 0 Å². The molecule has 0 bridgehead atoms. The molecule has 0 saturated carbocycles. The van der Waals surface area contributed by atoms with Crippen molar-refractivity contribution in [2.75, 3.05) is 12.5 Å². The molecule has 0 saturated heterocycles. The average molecular weight is 476 g/mol. The zero-order valence-electron chi connectivity index (χ0n) is 15.6. The Kier molecular flexibility index (Phi) is 7.07. The van der Waals surface area contributed by atoms with Crippen molar-refractivity contribution in [3.05, 3.63) is 56.0 Å². The van der Waals surface area contributed by atoms with E-state index >= 15 is 0 Å². The van der Waals surface area contributed by atoms with Crippen molar-refractivity contribution in [2.24, 2.45) is 5.10 Å². The van der Waals surface area contributed by atoms with Crippen molar-refractivity contribution in [1.29, 1.82) is 0 Å². The van der Waals surface area contributed by atoms with Crippen molar-refractivity contribution in [3.8, 4) is 11.5 Å². The van der Waals surface area contributed by atoms with E-state index in [1.54, 1.807) is 12.1 Å². The summed E-state index contributed by atoms with van der Waals surface area (Å²) in [6.45, 7) is 3.73. The fourth-order valence-corrected chi connectivity index (χ4v) is 2.85. The van der Waals surface area contributed by atoms with Gasteiger partial charge in [-0.05, 0) is 59.6 Å². The molecule has 2 rings (SSSR count). The van der Waals surface area contributed by atoms with Crippen molar-refractivity contribution in [3.63, 3.8) is 0 Å². The van der Waals surface area contributed by atoms with E-state index in [0.717, 1.165) is 12.1 Å². The molecule has 156 valence electrons. The van der Waals surface area contributed by atoms with Crippen molar-refractivity contribution >= 4 is 33.5 Å². The van der Waals surface area contributed by atoms with Crippen LogP contribution in [0.15, 0.2) is 39.9 Å². The van der Waals surface area contributed by atoms with Crippen LogP contribution in [0.25, 0.3) is 0 Å². The van der Waals surface area contributed by atoms with Gasteiger partial charge in [-0.2, -0.15) is 18.3 Å². The van der Waals surface area contributed by atoms with Crippen LogP contribution >= 0.6 is 15.9 Å². The monoisotopic (exact) mass is 475 g/mol. The van der Waals surface area contributed by atoms with Crippen molar-refractivity contribution in [1.82, 2.24) is 0 Å². The summed E-state index contributed by atoms with van der Waals surface area (Å²) in [7, 11) is 1.47. The van der Waals surface area contributed by atoms with E-state index in [1.165, 1.54) is 13.3 Å². The van der Waals surface area contributed by atoms with Gasteiger partial charge in [-0.15, -0.1) is 0 Å². The number of nitrogens with one attached hydrogen (secondary N) is 1. The minimum Gasteiger partial charge on any atom is -0.493 e. The molecule has 0 amide bonds. The lowest BCUT2D eigenvalue weighted by Gasteiger charge is -2.15. The molecule has 0 aliphatic rings. The first-order valence-electron chi connectivity index (χ1n) is 8.21. The lowest BCUT2D eigenvalue weighted by molar-refractivity contribution is -0.384. The Hall–Kier alpha value is -2.82. The van der Waals surface area contributed by atoms with E-state index in [4.69, 9.17) is 9.47 Å². The molecule has 0 atom stereocenters. The van der Waals surface area contributed by atoms with E-state index < -0.39 is 22.4 Å². The highest BCUT2D eigenvalue weighted by atomic mass is 79.9. The third kappa shape index (κ3) is 5.83. The van der Waals surface area contributed by atoms with Crippen LogP contribution in [0.1, 0.15) is 25.0 Å². The molecule has 0 radical (unpaired) electrons. The highest BCUT2D eigenvalue weighted by Gasteiger charge is 2.33. The number of benzene rings is 2.